The Hall–Kier alpha value is -1.24. The van der Waals surface area contributed by atoms with Crippen LogP contribution < -0.4 is 4.74 Å². The molecule has 0 saturated carbocycles. The van der Waals surface area contributed by atoms with Gasteiger partial charge in [-0.15, -0.1) is 6.58 Å². The second-order valence-electron chi connectivity index (χ2n) is 6.77. The lowest BCUT2D eigenvalue weighted by Crippen LogP contribution is -2.66. The first-order valence-corrected chi connectivity index (χ1v) is 7.73. The van der Waals surface area contributed by atoms with Crippen molar-refractivity contribution in [1.82, 2.24) is 0 Å². The maximum Gasteiger partial charge on any atom is 0.420 e. The zero-order chi connectivity index (χ0) is 18.6. The van der Waals surface area contributed by atoms with E-state index in [1.165, 1.54) is 19.2 Å². The van der Waals surface area contributed by atoms with E-state index < -0.39 is 35.6 Å². The van der Waals surface area contributed by atoms with E-state index in [4.69, 9.17) is 16.3 Å². The first-order chi connectivity index (χ1) is 10.9. The Morgan fingerprint density at radius 3 is 2.38 bits per heavy atom. The van der Waals surface area contributed by atoms with Crippen molar-refractivity contribution in [2.45, 2.75) is 49.5 Å². The Balaban J connectivity index is 2.92. The first-order valence-electron chi connectivity index (χ1n) is 7.35. The zero-order valence-electron chi connectivity index (χ0n) is 13.7. The van der Waals surface area contributed by atoms with Crippen LogP contribution in [0.2, 0.25) is 5.02 Å². The Labute approximate surface area is 143 Å². The third-order valence-corrected chi connectivity index (χ3v) is 5.02. The summed E-state index contributed by atoms with van der Waals surface area (Å²) < 4.78 is 46.5. The number of fused-ring (bicyclic) bond motifs is 1. The van der Waals surface area contributed by atoms with Crippen molar-refractivity contribution in [1.29, 1.82) is 0 Å². The van der Waals surface area contributed by atoms with Gasteiger partial charge in [-0.2, -0.15) is 13.2 Å². The number of benzene rings is 1. The van der Waals surface area contributed by atoms with Crippen LogP contribution in [0.5, 0.6) is 5.75 Å². The predicted molar refractivity (Wildman–Crippen MR) is 85.4 cm³/mol. The molecule has 134 valence electrons. The van der Waals surface area contributed by atoms with E-state index in [1.54, 1.807) is 13.8 Å². The molecule has 0 radical (unpaired) electrons. The molecule has 2 rings (SSSR count). The van der Waals surface area contributed by atoms with Crippen molar-refractivity contribution < 1.29 is 28.1 Å². The normalized spacial score (nSPS) is 29.0. The molecule has 0 saturated heterocycles. The van der Waals surface area contributed by atoms with Crippen LogP contribution in [-0.4, -0.2) is 29.1 Å². The summed E-state index contributed by atoms with van der Waals surface area (Å²) in [5, 5.41) is 21.8. The minimum Gasteiger partial charge on any atom is -0.495 e. The fourth-order valence-electron chi connectivity index (χ4n) is 3.69. The number of aliphatic hydroxyl groups is 2. The van der Waals surface area contributed by atoms with E-state index in [-0.39, 0.29) is 16.3 Å². The number of alkyl halides is 3. The van der Waals surface area contributed by atoms with Crippen molar-refractivity contribution in [2.75, 3.05) is 7.11 Å². The quantitative estimate of drug-likeness (QED) is 0.794. The molecule has 2 atom stereocenters. The maximum absolute atomic E-state index is 13.7. The maximum atomic E-state index is 13.7. The Kier molecular flexibility index (Phi) is 4.49. The fraction of sp³-hybridized carbons (Fsp3) is 0.529. The molecule has 2 unspecified atom stereocenters. The summed E-state index contributed by atoms with van der Waals surface area (Å²) in [6.45, 7) is 6.52. The highest BCUT2D eigenvalue weighted by Gasteiger charge is 2.70. The summed E-state index contributed by atoms with van der Waals surface area (Å²) in [4.78, 5) is 0. The minimum atomic E-state index is -5.04. The predicted octanol–water partition coefficient (Wildman–Crippen LogP) is 4.09. The molecule has 0 bridgehead atoms. The molecule has 1 aromatic carbocycles. The third-order valence-electron chi connectivity index (χ3n) is 4.73. The SMILES string of the molecule is C=CCC1(O)c2ccc(Cl)c(OC)c2C(C)(C)CC1(O)C(F)(F)F. The molecular formula is C17H20ClF3O3. The molecule has 0 aliphatic heterocycles. The van der Waals surface area contributed by atoms with Gasteiger partial charge in [-0.05, 0) is 23.5 Å². The number of hydrogen-bond donors (Lipinski definition) is 2. The number of rotatable bonds is 3. The van der Waals surface area contributed by atoms with Gasteiger partial charge in [0.25, 0.3) is 0 Å². The molecule has 7 heteroatoms. The van der Waals surface area contributed by atoms with Crippen LogP contribution in [0.15, 0.2) is 24.8 Å². The third kappa shape index (κ3) is 2.43. The van der Waals surface area contributed by atoms with Gasteiger partial charge >= 0.3 is 6.18 Å². The van der Waals surface area contributed by atoms with E-state index in [1.807, 2.05) is 0 Å². The van der Waals surface area contributed by atoms with E-state index in [2.05, 4.69) is 6.58 Å². The van der Waals surface area contributed by atoms with Crippen LogP contribution in [0.3, 0.4) is 0 Å². The lowest BCUT2D eigenvalue weighted by molar-refractivity contribution is -0.333. The topological polar surface area (TPSA) is 49.7 Å². The summed E-state index contributed by atoms with van der Waals surface area (Å²) in [5.41, 5.74) is -6.75. The molecule has 0 amide bonds. The standard InChI is InChI=1S/C17H20ClF3O3/c1-5-8-15(22)10-6-7-11(18)13(24-4)12(10)14(2,3)9-16(15,23)17(19,20)21/h5-7,22-23H,1,8-9H2,2-4H3. The summed E-state index contributed by atoms with van der Waals surface area (Å²) in [7, 11) is 1.36. The molecule has 0 spiro atoms. The lowest BCUT2D eigenvalue weighted by Gasteiger charge is -2.53. The molecule has 3 nitrogen and oxygen atoms in total. The highest BCUT2D eigenvalue weighted by atomic mass is 35.5. The zero-order valence-corrected chi connectivity index (χ0v) is 14.4. The Bertz CT molecular complexity index is 672. The van der Waals surface area contributed by atoms with Crippen molar-refractivity contribution >= 4 is 11.6 Å². The molecule has 1 aliphatic rings. The largest absolute Gasteiger partial charge is 0.495 e. The molecule has 0 aromatic heterocycles. The number of methoxy groups -OCH3 is 1. The van der Waals surface area contributed by atoms with Gasteiger partial charge in [-0.25, -0.2) is 0 Å². The molecular weight excluding hydrogens is 345 g/mol. The molecule has 24 heavy (non-hydrogen) atoms. The van der Waals surface area contributed by atoms with Crippen LogP contribution in [0.4, 0.5) is 13.2 Å². The van der Waals surface area contributed by atoms with Crippen molar-refractivity contribution in [3.05, 3.63) is 40.9 Å². The van der Waals surface area contributed by atoms with Gasteiger partial charge < -0.3 is 14.9 Å². The fourth-order valence-corrected chi connectivity index (χ4v) is 3.93. The molecule has 2 N–H and O–H groups in total. The average Bonchev–Trinajstić information content (AvgIpc) is 2.43. The first kappa shape index (κ1) is 19.1. The molecule has 1 aliphatic carbocycles. The lowest BCUT2D eigenvalue weighted by atomic mass is 9.57. The summed E-state index contributed by atoms with van der Waals surface area (Å²) >= 11 is 6.11. The smallest absolute Gasteiger partial charge is 0.420 e. The van der Waals surface area contributed by atoms with Crippen molar-refractivity contribution in [3.8, 4) is 5.75 Å². The van der Waals surface area contributed by atoms with Crippen molar-refractivity contribution in [3.63, 3.8) is 0 Å². The van der Waals surface area contributed by atoms with Gasteiger partial charge in [0.1, 0.15) is 11.4 Å². The number of ether oxygens (including phenoxy) is 1. The van der Waals surface area contributed by atoms with Gasteiger partial charge in [0.15, 0.2) is 5.60 Å². The van der Waals surface area contributed by atoms with Crippen molar-refractivity contribution in [2.24, 2.45) is 0 Å². The van der Waals surface area contributed by atoms with E-state index >= 15 is 0 Å². The monoisotopic (exact) mass is 364 g/mol. The Morgan fingerprint density at radius 1 is 1.33 bits per heavy atom. The van der Waals surface area contributed by atoms with E-state index in [0.29, 0.717) is 5.56 Å². The minimum absolute atomic E-state index is 0.0558. The van der Waals surface area contributed by atoms with Gasteiger partial charge in [-0.3, -0.25) is 0 Å². The van der Waals surface area contributed by atoms with Gasteiger partial charge in [-0.1, -0.05) is 37.6 Å². The number of hydrogen-bond acceptors (Lipinski definition) is 3. The van der Waals surface area contributed by atoms with Crippen LogP contribution in [0.1, 0.15) is 37.8 Å². The van der Waals surface area contributed by atoms with Gasteiger partial charge in [0.2, 0.25) is 0 Å². The van der Waals surface area contributed by atoms with Crippen LogP contribution in [0, 0.1) is 0 Å². The Morgan fingerprint density at radius 2 is 1.92 bits per heavy atom. The molecule has 1 aromatic rings. The van der Waals surface area contributed by atoms with E-state index in [0.717, 1.165) is 6.08 Å². The average molecular weight is 365 g/mol. The van der Waals surface area contributed by atoms with Crippen LogP contribution in [0.25, 0.3) is 0 Å². The van der Waals surface area contributed by atoms with Gasteiger partial charge in [0, 0.05) is 12.0 Å². The highest BCUT2D eigenvalue weighted by Crippen LogP contribution is 2.59. The second kappa shape index (κ2) is 5.64. The second-order valence-corrected chi connectivity index (χ2v) is 7.18. The van der Waals surface area contributed by atoms with Gasteiger partial charge in [0.05, 0.1) is 12.1 Å². The van der Waals surface area contributed by atoms with Crippen LogP contribution >= 0.6 is 11.6 Å². The van der Waals surface area contributed by atoms with Crippen LogP contribution in [-0.2, 0) is 11.0 Å². The molecule has 0 fully saturated rings. The summed E-state index contributed by atoms with van der Waals surface area (Å²) in [5.74, 6) is 0.200. The number of halogens is 4. The summed E-state index contributed by atoms with van der Waals surface area (Å²) in [6.07, 6.45) is -5.10. The highest BCUT2D eigenvalue weighted by molar-refractivity contribution is 6.32. The molecule has 0 heterocycles. The summed E-state index contributed by atoms with van der Waals surface area (Å²) in [6, 6.07) is 2.66. The van der Waals surface area contributed by atoms with E-state index in [9.17, 15) is 23.4 Å².